The van der Waals surface area contributed by atoms with Gasteiger partial charge in [-0.15, -0.1) is 5.10 Å². The lowest BCUT2D eigenvalue weighted by molar-refractivity contribution is -0.0502. The number of nitrogens with two attached hydrogens (primary N) is 1. The van der Waals surface area contributed by atoms with E-state index in [9.17, 15) is 9.50 Å². The van der Waals surface area contributed by atoms with Crippen LogP contribution in [-0.2, 0) is 6.54 Å². The number of aromatic nitrogens is 6. The van der Waals surface area contributed by atoms with Crippen LogP contribution in [0, 0.1) is 12.7 Å². The Morgan fingerprint density at radius 3 is 2.78 bits per heavy atom. The van der Waals surface area contributed by atoms with Crippen molar-refractivity contribution in [2.75, 3.05) is 24.3 Å². The minimum absolute atomic E-state index is 0.0669. The van der Waals surface area contributed by atoms with Crippen molar-refractivity contribution in [1.29, 1.82) is 0 Å². The van der Waals surface area contributed by atoms with Crippen LogP contribution in [0.1, 0.15) is 56.5 Å². The van der Waals surface area contributed by atoms with Gasteiger partial charge in [-0.2, -0.15) is 9.61 Å². The number of benzene rings is 1. The number of methoxy groups -OCH3 is 1. The average molecular weight is 495 g/mol. The van der Waals surface area contributed by atoms with Gasteiger partial charge >= 0.3 is 0 Å². The summed E-state index contributed by atoms with van der Waals surface area (Å²) < 4.78 is 23.0. The van der Waals surface area contributed by atoms with Crippen LogP contribution in [0.15, 0.2) is 18.3 Å². The molecule has 6 rings (SSSR count). The van der Waals surface area contributed by atoms with E-state index in [1.54, 1.807) is 0 Å². The second-order valence-electron chi connectivity index (χ2n) is 10.3. The number of nitrogen functional groups attached to an aromatic ring is 1. The van der Waals surface area contributed by atoms with E-state index < -0.39 is 11.4 Å². The van der Waals surface area contributed by atoms with Crippen molar-refractivity contribution < 1.29 is 14.2 Å². The van der Waals surface area contributed by atoms with Crippen molar-refractivity contribution in [2.45, 2.75) is 70.1 Å². The number of aliphatic hydroxyl groups is 1. The van der Waals surface area contributed by atoms with Crippen molar-refractivity contribution in [3.63, 3.8) is 0 Å². The maximum atomic E-state index is 14.5. The number of hydrogen-bond acceptors (Lipinski definition) is 8. The molecular weight excluding hydrogens is 463 g/mol. The molecule has 1 aromatic carbocycles. The molecule has 4 aromatic rings. The normalized spacial score (nSPS) is 21.8. The fraction of sp³-hybridized carbons (Fsp3) is 0.520. The summed E-state index contributed by atoms with van der Waals surface area (Å²) in [6, 6.07) is 3.23. The summed E-state index contributed by atoms with van der Waals surface area (Å²) in [6.45, 7) is 5.53. The molecular formula is C25H31FN8O2. The van der Waals surface area contributed by atoms with Crippen LogP contribution in [0.3, 0.4) is 0 Å². The SMILES string of the molecule is COc1cc2nc(N)n3nc(C4CCC(C)N(c5cnn(CC6(O)CCC6)c5C)C4)nc3c2cc1F. The molecule has 36 heavy (non-hydrogen) atoms. The van der Waals surface area contributed by atoms with Gasteiger partial charge in [0, 0.05) is 30.0 Å². The number of rotatable bonds is 5. The Labute approximate surface area is 207 Å². The first kappa shape index (κ1) is 23.0. The highest BCUT2D eigenvalue weighted by Crippen LogP contribution is 2.37. The summed E-state index contributed by atoms with van der Waals surface area (Å²) in [7, 11) is 1.41. The zero-order valence-corrected chi connectivity index (χ0v) is 20.8. The Morgan fingerprint density at radius 2 is 2.06 bits per heavy atom. The van der Waals surface area contributed by atoms with Crippen LogP contribution in [0.2, 0.25) is 0 Å². The van der Waals surface area contributed by atoms with Crippen LogP contribution in [0.5, 0.6) is 5.75 Å². The van der Waals surface area contributed by atoms with Crippen LogP contribution >= 0.6 is 0 Å². The highest BCUT2D eigenvalue weighted by atomic mass is 19.1. The fourth-order valence-corrected chi connectivity index (χ4v) is 5.53. The minimum atomic E-state index is -0.634. The Morgan fingerprint density at radius 1 is 1.25 bits per heavy atom. The topological polar surface area (TPSA) is 120 Å². The lowest BCUT2D eigenvalue weighted by Crippen LogP contribution is -2.42. The molecule has 10 nitrogen and oxygen atoms in total. The van der Waals surface area contributed by atoms with E-state index in [1.165, 1.54) is 23.8 Å². The molecule has 4 heterocycles. The molecule has 190 valence electrons. The molecule has 3 aromatic heterocycles. The molecule has 0 spiro atoms. The standard InChI is InChI=1S/C25H31FN8O2/c1-14-5-6-16(12-32(14)20-11-28-33(15(20)2)13-25(35)7-4-8-25)22-30-23-17-9-18(26)21(36-3)10-19(17)29-24(27)34(23)31-22/h9-11,14,16,35H,4-8,12-13H2,1-3H3,(H2,27,29). The monoisotopic (exact) mass is 494 g/mol. The molecule has 11 heteroatoms. The van der Waals surface area contributed by atoms with E-state index in [0.29, 0.717) is 35.0 Å². The first-order chi connectivity index (χ1) is 17.3. The molecule has 2 fully saturated rings. The second-order valence-corrected chi connectivity index (χ2v) is 10.3. The van der Waals surface area contributed by atoms with E-state index >= 15 is 0 Å². The third-order valence-corrected chi connectivity index (χ3v) is 7.95. The number of hydrogen-bond donors (Lipinski definition) is 2. The van der Waals surface area contributed by atoms with Gasteiger partial charge in [0.25, 0.3) is 0 Å². The van der Waals surface area contributed by atoms with Crippen molar-refractivity contribution >= 4 is 28.2 Å². The van der Waals surface area contributed by atoms with Gasteiger partial charge in [-0.1, -0.05) is 0 Å². The molecule has 2 atom stereocenters. The largest absolute Gasteiger partial charge is 0.494 e. The van der Waals surface area contributed by atoms with Gasteiger partial charge in [0.15, 0.2) is 23.0 Å². The maximum absolute atomic E-state index is 14.5. The number of ether oxygens (including phenoxy) is 1. The van der Waals surface area contributed by atoms with Gasteiger partial charge in [0.05, 0.1) is 42.4 Å². The first-order valence-corrected chi connectivity index (χ1v) is 12.5. The molecule has 1 aliphatic heterocycles. The zero-order valence-electron chi connectivity index (χ0n) is 20.8. The second kappa shape index (κ2) is 8.29. The zero-order chi connectivity index (χ0) is 25.2. The quantitative estimate of drug-likeness (QED) is 0.434. The minimum Gasteiger partial charge on any atom is -0.494 e. The summed E-state index contributed by atoms with van der Waals surface area (Å²) in [5, 5.41) is 20.5. The van der Waals surface area contributed by atoms with Crippen LogP contribution < -0.4 is 15.4 Å². The summed E-state index contributed by atoms with van der Waals surface area (Å²) in [5.74, 6) is 0.544. The average Bonchev–Trinajstić information content (AvgIpc) is 3.44. The summed E-state index contributed by atoms with van der Waals surface area (Å²) in [6.07, 6.45) is 6.51. The van der Waals surface area contributed by atoms with Crippen molar-refractivity contribution in [2.24, 2.45) is 0 Å². The molecule has 0 radical (unpaired) electrons. The Kier molecular flexibility index (Phi) is 5.29. The van der Waals surface area contributed by atoms with Gasteiger partial charge in [0.2, 0.25) is 5.95 Å². The van der Waals surface area contributed by atoms with Crippen molar-refractivity contribution in [3.05, 3.63) is 35.7 Å². The molecule has 0 bridgehead atoms. The Hall–Kier alpha value is -3.47. The molecule has 2 unspecified atom stereocenters. The van der Waals surface area contributed by atoms with E-state index in [-0.39, 0.29) is 17.6 Å². The van der Waals surface area contributed by atoms with E-state index in [1.807, 2.05) is 10.9 Å². The lowest BCUT2D eigenvalue weighted by Gasteiger charge is -2.39. The molecule has 1 aliphatic carbocycles. The predicted octanol–water partition coefficient (Wildman–Crippen LogP) is 3.20. The van der Waals surface area contributed by atoms with Crippen LogP contribution in [0.25, 0.3) is 16.6 Å². The van der Waals surface area contributed by atoms with E-state index in [4.69, 9.17) is 20.6 Å². The smallest absolute Gasteiger partial charge is 0.223 e. The number of piperidine rings is 1. The number of halogens is 1. The summed E-state index contributed by atoms with van der Waals surface area (Å²) in [4.78, 5) is 11.6. The molecule has 3 N–H and O–H groups in total. The van der Waals surface area contributed by atoms with Gasteiger partial charge in [-0.25, -0.2) is 14.4 Å². The summed E-state index contributed by atoms with van der Waals surface area (Å²) in [5.41, 5.74) is 8.67. The number of fused-ring (bicyclic) bond motifs is 3. The van der Waals surface area contributed by atoms with Crippen LogP contribution in [-0.4, -0.2) is 59.8 Å². The molecule has 1 saturated heterocycles. The summed E-state index contributed by atoms with van der Waals surface area (Å²) >= 11 is 0. The third-order valence-electron chi connectivity index (χ3n) is 7.95. The number of nitrogens with zero attached hydrogens (tertiary/aromatic N) is 7. The lowest BCUT2D eigenvalue weighted by atomic mass is 9.80. The van der Waals surface area contributed by atoms with E-state index in [2.05, 4.69) is 28.8 Å². The molecule has 2 aliphatic rings. The van der Waals surface area contributed by atoms with E-state index in [0.717, 1.165) is 50.0 Å². The van der Waals surface area contributed by atoms with Gasteiger partial charge in [-0.3, -0.25) is 4.68 Å². The van der Waals surface area contributed by atoms with Gasteiger partial charge in [0.1, 0.15) is 0 Å². The molecule has 0 amide bonds. The molecule has 1 saturated carbocycles. The Bertz CT molecular complexity index is 1460. The third kappa shape index (κ3) is 3.64. The van der Waals surface area contributed by atoms with Crippen molar-refractivity contribution in [3.8, 4) is 5.75 Å². The highest BCUT2D eigenvalue weighted by Gasteiger charge is 2.36. The number of anilines is 2. The maximum Gasteiger partial charge on any atom is 0.223 e. The van der Waals surface area contributed by atoms with Gasteiger partial charge in [-0.05, 0) is 52.0 Å². The highest BCUT2D eigenvalue weighted by molar-refractivity contribution is 5.93. The van der Waals surface area contributed by atoms with Gasteiger partial charge < -0.3 is 20.5 Å². The fourth-order valence-electron chi connectivity index (χ4n) is 5.53. The first-order valence-electron chi connectivity index (χ1n) is 12.5. The van der Waals surface area contributed by atoms with Crippen molar-refractivity contribution in [1.82, 2.24) is 29.4 Å². The van der Waals surface area contributed by atoms with Crippen LogP contribution in [0.4, 0.5) is 16.0 Å². The Balaban J connectivity index is 1.33. The predicted molar refractivity (Wildman–Crippen MR) is 134 cm³/mol.